The molecule has 5 heteroatoms. The van der Waals surface area contributed by atoms with Crippen molar-refractivity contribution in [2.75, 3.05) is 0 Å². The maximum atomic E-state index is 5.96. The van der Waals surface area contributed by atoms with Crippen LogP contribution < -0.4 is 0 Å². The Labute approximate surface area is 255 Å². The summed E-state index contributed by atoms with van der Waals surface area (Å²) in [4.78, 5) is 4.22. The molecule has 3 aromatic heterocycles. The van der Waals surface area contributed by atoms with E-state index in [0.29, 0.717) is 0 Å². The molecule has 0 atom stereocenters. The largest absolute Gasteiger partial charge is 0.456 e. The van der Waals surface area contributed by atoms with Crippen LogP contribution in [0.15, 0.2) is 138 Å². The summed E-state index contributed by atoms with van der Waals surface area (Å²) in [6.07, 6.45) is 1.79. The fraction of sp³-hybridized carbons (Fsp3) is 0. The molecule has 0 bridgehead atoms. The van der Waals surface area contributed by atoms with E-state index in [1.54, 1.807) is 6.20 Å². The molecule has 0 spiro atoms. The van der Waals surface area contributed by atoms with Gasteiger partial charge in [-0.2, -0.15) is 0 Å². The summed E-state index contributed by atoms with van der Waals surface area (Å²) in [5.41, 5.74) is 8.18. The number of benzene rings is 5. The van der Waals surface area contributed by atoms with Crippen molar-refractivity contribution >= 4 is 43.6 Å². The van der Waals surface area contributed by atoms with Crippen molar-refractivity contribution in [1.82, 2.24) is 9.36 Å². The summed E-state index contributed by atoms with van der Waals surface area (Å²) < 4.78 is 11.8. The van der Waals surface area contributed by atoms with Crippen molar-refractivity contribution < 1.29 is 24.5 Å². The first kappa shape index (κ1) is 26.8. The number of pyridine rings is 1. The first-order chi connectivity index (χ1) is 19.8. The van der Waals surface area contributed by atoms with Crippen LogP contribution in [0.2, 0.25) is 0 Å². The van der Waals surface area contributed by atoms with Gasteiger partial charge in [0.25, 0.3) is 0 Å². The molecule has 8 aromatic rings. The number of furan rings is 1. The molecule has 0 aliphatic rings. The third-order valence-electron chi connectivity index (χ3n) is 6.79. The Morgan fingerprint density at radius 3 is 2.20 bits per heavy atom. The average molecular weight is 723 g/mol. The van der Waals surface area contributed by atoms with Gasteiger partial charge in [-0.15, -0.1) is 71.3 Å². The minimum absolute atomic E-state index is 0. The molecular weight excluding hydrogens is 701 g/mol. The van der Waals surface area contributed by atoms with Crippen molar-refractivity contribution in [2.24, 2.45) is 0 Å². The molecule has 0 saturated carbocycles. The topological polar surface area (TPSA) is 38.9 Å². The zero-order valence-electron chi connectivity index (χ0n) is 21.7. The number of hydrogen-bond acceptors (Lipinski definition) is 4. The molecule has 0 aliphatic heterocycles. The second-order valence-electron chi connectivity index (χ2n) is 9.32. The SMILES string of the molecule is [Ir].[c-]1ccc(-c2ccc3oc4ccccc4c3c2)cc1-c1nsc2ccccc12.[c-]1ccccc1-c1ccccn1. The van der Waals surface area contributed by atoms with E-state index in [-0.39, 0.29) is 20.1 Å². The first-order valence-corrected chi connectivity index (χ1v) is 13.8. The summed E-state index contributed by atoms with van der Waals surface area (Å²) in [6, 6.07) is 49.3. The van der Waals surface area contributed by atoms with Crippen LogP contribution in [0.3, 0.4) is 0 Å². The fourth-order valence-corrected chi connectivity index (χ4v) is 5.63. The van der Waals surface area contributed by atoms with E-state index in [9.17, 15) is 0 Å². The Balaban J connectivity index is 0.000000196. The minimum Gasteiger partial charge on any atom is -0.456 e. The summed E-state index contributed by atoms with van der Waals surface area (Å²) in [5, 5.41) is 3.46. The van der Waals surface area contributed by atoms with Gasteiger partial charge in [-0.3, -0.25) is 0 Å². The van der Waals surface area contributed by atoms with Crippen molar-refractivity contribution in [2.45, 2.75) is 0 Å². The quantitative estimate of drug-likeness (QED) is 0.171. The van der Waals surface area contributed by atoms with Gasteiger partial charge < -0.3 is 9.40 Å². The van der Waals surface area contributed by atoms with Gasteiger partial charge in [0.1, 0.15) is 11.2 Å². The van der Waals surface area contributed by atoms with E-state index in [1.165, 1.54) is 21.6 Å². The maximum Gasteiger partial charge on any atom is 0.135 e. The first-order valence-electron chi connectivity index (χ1n) is 13.0. The molecule has 1 radical (unpaired) electrons. The second kappa shape index (κ2) is 12.0. The van der Waals surface area contributed by atoms with Crippen molar-refractivity contribution in [3.63, 3.8) is 0 Å². The Morgan fingerprint density at radius 1 is 0.585 bits per heavy atom. The van der Waals surface area contributed by atoms with E-state index in [2.05, 4.69) is 82.2 Å². The Bertz CT molecular complexity index is 2030. The second-order valence-corrected chi connectivity index (χ2v) is 10.1. The normalized spacial score (nSPS) is 10.7. The Hall–Kier alpha value is -4.41. The number of para-hydroxylation sites is 1. The van der Waals surface area contributed by atoms with Gasteiger partial charge in [-0.1, -0.05) is 54.6 Å². The molecule has 3 nitrogen and oxygen atoms in total. The minimum atomic E-state index is 0. The van der Waals surface area contributed by atoms with Gasteiger partial charge in [0, 0.05) is 47.5 Å². The van der Waals surface area contributed by atoms with Gasteiger partial charge in [0.15, 0.2) is 0 Å². The number of fused-ring (bicyclic) bond motifs is 4. The number of rotatable bonds is 3. The number of hydrogen-bond donors (Lipinski definition) is 0. The van der Waals surface area contributed by atoms with Gasteiger partial charge in [-0.25, -0.2) is 4.37 Å². The molecule has 0 N–H and O–H groups in total. The van der Waals surface area contributed by atoms with Crippen LogP contribution in [0.4, 0.5) is 0 Å². The molecule has 0 aliphatic carbocycles. The molecule has 199 valence electrons. The third kappa shape index (κ3) is 5.48. The van der Waals surface area contributed by atoms with Crippen LogP contribution in [0.5, 0.6) is 0 Å². The van der Waals surface area contributed by atoms with Crippen LogP contribution in [0.25, 0.3) is 65.7 Å². The van der Waals surface area contributed by atoms with E-state index in [0.717, 1.165) is 55.6 Å². The van der Waals surface area contributed by atoms with Gasteiger partial charge >= 0.3 is 0 Å². The smallest absolute Gasteiger partial charge is 0.135 e. The predicted octanol–water partition coefficient (Wildman–Crippen LogP) is 9.88. The summed E-state index contributed by atoms with van der Waals surface area (Å²) in [7, 11) is 0. The zero-order chi connectivity index (χ0) is 26.7. The van der Waals surface area contributed by atoms with Crippen LogP contribution in [-0.4, -0.2) is 9.36 Å². The van der Waals surface area contributed by atoms with E-state index in [1.807, 2.05) is 66.7 Å². The molecule has 0 unspecified atom stereocenters. The third-order valence-corrected chi connectivity index (χ3v) is 7.62. The van der Waals surface area contributed by atoms with E-state index < -0.39 is 0 Å². The Kier molecular flexibility index (Phi) is 7.84. The predicted molar refractivity (Wildman–Crippen MR) is 165 cm³/mol. The van der Waals surface area contributed by atoms with Crippen molar-refractivity contribution in [3.8, 4) is 33.6 Å². The summed E-state index contributed by atoms with van der Waals surface area (Å²) in [5.74, 6) is 0. The van der Waals surface area contributed by atoms with Crippen LogP contribution in [0.1, 0.15) is 0 Å². The van der Waals surface area contributed by atoms with Crippen LogP contribution in [0, 0.1) is 12.1 Å². The molecule has 0 saturated heterocycles. The zero-order valence-corrected chi connectivity index (χ0v) is 25.0. The molecule has 5 aromatic carbocycles. The number of aromatic nitrogens is 2. The van der Waals surface area contributed by atoms with E-state index in [4.69, 9.17) is 4.42 Å². The Morgan fingerprint density at radius 2 is 1.34 bits per heavy atom. The number of nitrogens with zero attached hydrogens (tertiary/aromatic N) is 2. The molecule has 0 fully saturated rings. The molecule has 0 amide bonds. The standard InChI is InChI=1S/C25H14NOS.C11H8N.Ir/c1-3-10-22-19(8-1)21-15-17(12-13-23(21)27-22)16-6-5-7-18(14-16)25-20-9-2-4-11-24(20)28-26-25;1-2-6-10(7-3-1)11-8-4-5-9-12-11;/h1-6,8-15H;1-6,8-9H;/q2*-1;. The van der Waals surface area contributed by atoms with Crippen molar-refractivity contribution in [3.05, 3.63) is 146 Å². The monoisotopic (exact) mass is 723 g/mol. The van der Waals surface area contributed by atoms with Crippen LogP contribution in [-0.2, 0) is 20.1 Å². The summed E-state index contributed by atoms with van der Waals surface area (Å²) >= 11 is 1.53. The van der Waals surface area contributed by atoms with Crippen LogP contribution >= 0.6 is 11.5 Å². The van der Waals surface area contributed by atoms with Crippen molar-refractivity contribution in [1.29, 1.82) is 0 Å². The molecule has 8 rings (SSSR count). The molecule has 41 heavy (non-hydrogen) atoms. The fourth-order valence-electron chi connectivity index (χ4n) is 4.84. The van der Waals surface area contributed by atoms with Gasteiger partial charge in [0.05, 0.1) is 0 Å². The van der Waals surface area contributed by atoms with Gasteiger partial charge in [0.2, 0.25) is 0 Å². The summed E-state index contributed by atoms with van der Waals surface area (Å²) in [6.45, 7) is 0. The maximum absolute atomic E-state index is 5.96. The molecular formula is C36H22IrN2OS-2. The molecule has 3 heterocycles. The average Bonchev–Trinajstić information content (AvgIpc) is 3.64. The van der Waals surface area contributed by atoms with Gasteiger partial charge in [-0.05, 0) is 58.5 Å². The van der Waals surface area contributed by atoms with E-state index >= 15 is 0 Å².